The number of nitrogens with one attached hydrogen (secondary N) is 1. The zero-order valence-corrected chi connectivity index (χ0v) is 20.9. The molecule has 2 aromatic carbocycles. The highest BCUT2D eigenvalue weighted by molar-refractivity contribution is 9.10. The molecule has 0 saturated heterocycles. The van der Waals surface area contributed by atoms with Crippen molar-refractivity contribution in [1.29, 1.82) is 0 Å². The van der Waals surface area contributed by atoms with Gasteiger partial charge in [-0.1, -0.05) is 52.7 Å². The van der Waals surface area contributed by atoms with Gasteiger partial charge >= 0.3 is 0 Å². The Balaban J connectivity index is 1.72. The topological polar surface area (TPSA) is 64.0 Å². The third-order valence-electron chi connectivity index (χ3n) is 5.46. The molecular formula is C25H24BrN3O2S. The highest BCUT2D eigenvalue weighted by Crippen LogP contribution is 2.36. The molecule has 0 spiro atoms. The number of hydrogen-bond donors (Lipinski definition) is 1. The Morgan fingerprint density at radius 3 is 2.41 bits per heavy atom. The number of anilines is 1. The van der Waals surface area contributed by atoms with Gasteiger partial charge in [0.2, 0.25) is 5.91 Å². The summed E-state index contributed by atoms with van der Waals surface area (Å²) in [7, 11) is 0. The molecule has 1 amide bonds. The van der Waals surface area contributed by atoms with Gasteiger partial charge in [-0.3, -0.25) is 14.2 Å². The van der Waals surface area contributed by atoms with Crippen molar-refractivity contribution in [3.05, 3.63) is 79.1 Å². The minimum atomic E-state index is -0.251. The molecule has 0 radical (unpaired) electrons. The van der Waals surface area contributed by atoms with Gasteiger partial charge in [0.1, 0.15) is 11.4 Å². The average molecular weight is 510 g/mol. The zero-order chi connectivity index (χ0) is 23.0. The van der Waals surface area contributed by atoms with Crippen molar-refractivity contribution in [2.75, 3.05) is 5.32 Å². The molecule has 164 valence electrons. The summed E-state index contributed by atoms with van der Waals surface area (Å²) in [5.74, 6) is -0.251. The molecule has 1 N–H and O–H groups in total. The number of aryl methyl sites for hydroxylation is 4. The highest BCUT2D eigenvalue weighted by atomic mass is 79.9. The van der Waals surface area contributed by atoms with E-state index in [2.05, 4.69) is 33.2 Å². The molecular weight excluding hydrogens is 486 g/mol. The molecule has 0 aliphatic rings. The van der Waals surface area contributed by atoms with Crippen LogP contribution in [0.15, 0.2) is 52.0 Å². The summed E-state index contributed by atoms with van der Waals surface area (Å²) in [5.41, 5.74) is 5.63. The van der Waals surface area contributed by atoms with Crippen LogP contribution in [-0.4, -0.2) is 15.5 Å². The third-order valence-corrected chi connectivity index (χ3v) is 7.23. The van der Waals surface area contributed by atoms with Gasteiger partial charge in [-0.2, -0.15) is 0 Å². The van der Waals surface area contributed by atoms with Gasteiger partial charge in [0.15, 0.2) is 0 Å². The smallest absolute Gasteiger partial charge is 0.263 e. The lowest BCUT2D eigenvalue weighted by atomic mass is 10.0. The number of carbonyl (C=O) groups is 1. The van der Waals surface area contributed by atoms with E-state index in [-0.39, 0.29) is 18.0 Å². The fourth-order valence-electron chi connectivity index (χ4n) is 4.07. The summed E-state index contributed by atoms with van der Waals surface area (Å²) in [6.45, 7) is 7.95. The van der Waals surface area contributed by atoms with Gasteiger partial charge in [-0.15, -0.1) is 11.3 Å². The second-order valence-corrected chi connectivity index (χ2v) is 9.94. The van der Waals surface area contributed by atoms with E-state index in [4.69, 9.17) is 0 Å². The van der Waals surface area contributed by atoms with Crippen molar-refractivity contribution in [3.63, 3.8) is 0 Å². The number of hydrogen-bond acceptors (Lipinski definition) is 4. The molecule has 5 nitrogen and oxygen atoms in total. The molecule has 7 heteroatoms. The summed E-state index contributed by atoms with van der Waals surface area (Å²) in [6.07, 6.45) is 2.28. The van der Waals surface area contributed by atoms with Crippen LogP contribution in [0.25, 0.3) is 21.3 Å². The van der Waals surface area contributed by atoms with Crippen LogP contribution in [0.5, 0.6) is 0 Å². The van der Waals surface area contributed by atoms with E-state index in [1.807, 2.05) is 57.2 Å². The van der Waals surface area contributed by atoms with E-state index in [0.717, 1.165) is 49.3 Å². The fraction of sp³-hybridized carbons (Fsp3) is 0.240. The number of thiophene rings is 1. The minimum absolute atomic E-state index is 0.0917. The van der Waals surface area contributed by atoms with Crippen LogP contribution >= 0.6 is 27.3 Å². The molecule has 0 bridgehead atoms. The molecule has 0 unspecified atom stereocenters. The maximum absolute atomic E-state index is 13.4. The molecule has 0 aliphatic heterocycles. The third kappa shape index (κ3) is 4.27. The zero-order valence-electron chi connectivity index (χ0n) is 18.5. The summed E-state index contributed by atoms with van der Waals surface area (Å²) < 4.78 is 2.37. The maximum Gasteiger partial charge on any atom is 0.263 e. The van der Waals surface area contributed by atoms with Crippen LogP contribution in [0.4, 0.5) is 5.69 Å². The molecule has 0 atom stereocenters. The average Bonchev–Trinajstić information content (AvgIpc) is 3.13. The molecule has 4 aromatic rings. The number of benzene rings is 2. The number of carbonyl (C=O) groups excluding carboxylic acids is 1. The van der Waals surface area contributed by atoms with Crippen LogP contribution in [0.2, 0.25) is 0 Å². The standard InChI is InChI=1S/C25H24BrN3O2S/c1-5-19-21(17-6-8-18(26)9-7-17)22-24(32-19)27-13-29(25(22)31)12-20(30)28-23-15(3)10-14(2)11-16(23)4/h6-11,13H,5,12H2,1-4H3,(H,28,30). The first-order chi connectivity index (χ1) is 15.3. The lowest BCUT2D eigenvalue weighted by molar-refractivity contribution is -0.116. The summed E-state index contributed by atoms with van der Waals surface area (Å²) in [4.78, 5) is 32.6. The molecule has 32 heavy (non-hydrogen) atoms. The van der Waals surface area contributed by atoms with E-state index < -0.39 is 0 Å². The van der Waals surface area contributed by atoms with Crippen molar-refractivity contribution in [2.24, 2.45) is 0 Å². The lowest BCUT2D eigenvalue weighted by Crippen LogP contribution is -2.28. The number of fused-ring (bicyclic) bond motifs is 1. The first kappa shape index (κ1) is 22.4. The highest BCUT2D eigenvalue weighted by Gasteiger charge is 2.19. The van der Waals surface area contributed by atoms with Crippen LogP contribution in [0.3, 0.4) is 0 Å². The number of halogens is 1. The summed E-state index contributed by atoms with van der Waals surface area (Å²) >= 11 is 5.00. The number of aromatic nitrogens is 2. The van der Waals surface area contributed by atoms with Crippen molar-refractivity contribution in [2.45, 2.75) is 40.7 Å². The SMILES string of the molecule is CCc1sc2ncn(CC(=O)Nc3c(C)cc(C)cc3C)c(=O)c2c1-c1ccc(Br)cc1. The molecule has 0 aliphatic carbocycles. The fourth-order valence-corrected chi connectivity index (χ4v) is 5.42. The Bertz CT molecular complexity index is 1360. The Labute approximate surface area is 199 Å². The van der Waals surface area contributed by atoms with E-state index >= 15 is 0 Å². The van der Waals surface area contributed by atoms with Gasteiger partial charge < -0.3 is 5.32 Å². The minimum Gasteiger partial charge on any atom is -0.324 e. The Morgan fingerprint density at radius 2 is 1.78 bits per heavy atom. The Hall–Kier alpha value is -2.77. The predicted molar refractivity (Wildman–Crippen MR) is 136 cm³/mol. The molecule has 0 fully saturated rings. The second-order valence-electron chi connectivity index (χ2n) is 7.94. The van der Waals surface area contributed by atoms with Gasteiger partial charge in [-0.25, -0.2) is 4.98 Å². The number of amides is 1. The van der Waals surface area contributed by atoms with Crippen molar-refractivity contribution >= 4 is 49.1 Å². The van der Waals surface area contributed by atoms with Gasteiger partial charge in [0.25, 0.3) is 5.56 Å². The molecule has 2 heterocycles. The molecule has 4 rings (SSSR count). The van der Waals surface area contributed by atoms with Gasteiger partial charge in [0, 0.05) is 20.6 Å². The Kier molecular flexibility index (Phi) is 6.31. The number of rotatable bonds is 5. The molecule has 2 aromatic heterocycles. The van der Waals surface area contributed by atoms with E-state index in [1.165, 1.54) is 22.2 Å². The van der Waals surface area contributed by atoms with Crippen LogP contribution in [0, 0.1) is 20.8 Å². The summed E-state index contributed by atoms with van der Waals surface area (Å²) in [6, 6.07) is 12.0. The second kappa shape index (κ2) is 9.00. The van der Waals surface area contributed by atoms with E-state index in [0.29, 0.717) is 10.2 Å². The van der Waals surface area contributed by atoms with Crippen molar-refractivity contribution in [1.82, 2.24) is 9.55 Å². The van der Waals surface area contributed by atoms with Crippen LogP contribution in [0.1, 0.15) is 28.5 Å². The van der Waals surface area contributed by atoms with Crippen LogP contribution < -0.4 is 10.9 Å². The summed E-state index contributed by atoms with van der Waals surface area (Å²) in [5, 5.41) is 3.55. The lowest BCUT2D eigenvalue weighted by Gasteiger charge is -2.13. The normalized spacial score (nSPS) is 11.2. The molecule has 0 saturated carbocycles. The van der Waals surface area contributed by atoms with Gasteiger partial charge in [-0.05, 0) is 56.0 Å². The van der Waals surface area contributed by atoms with Gasteiger partial charge in [0.05, 0.1) is 11.7 Å². The predicted octanol–water partition coefficient (Wildman–Crippen LogP) is 6.01. The van der Waals surface area contributed by atoms with E-state index in [9.17, 15) is 9.59 Å². The van der Waals surface area contributed by atoms with Crippen molar-refractivity contribution < 1.29 is 4.79 Å². The largest absolute Gasteiger partial charge is 0.324 e. The Morgan fingerprint density at radius 1 is 1.12 bits per heavy atom. The first-order valence-corrected chi connectivity index (χ1v) is 12.0. The number of nitrogens with zero attached hydrogens (tertiary/aromatic N) is 2. The first-order valence-electron chi connectivity index (χ1n) is 10.4. The van der Waals surface area contributed by atoms with Crippen molar-refractivity contribution in [3.8, 4) is 11.1 Å². The monoisotopic (exact) mass is 509 g/mol. The maximum atomic E-state index is 13.4. The van der Waals surface area contributed by atoms with Crippen LogP contribution in [-0.2, 0) is 17.8 Å². The van der Waals surface area contributed by atoms with E-state index in [1.54, 1.807) is 0 Å². The quantitative estimate of drug-likeness (QED) is 0.358.